The molecular weight excluding hydrogens is 394 g/mol. The Bertz CT molecular complexity index is 1150. The molecule has 3 aromatic rings. The molecule has 2 aromatic carbocycles. The van der Waals surface area contributed by atoms with Gasteiger partial charge in [-0.2, -0.15) is 0 Å². The van der Waals surface area contributed by atoms with Gasteiger partial charge >= 0.3 is 6.29 Å². The van der Waals surface area contributed by atoms with E-state index >= 15 is 0 Å². The van der Waals surface area contributed by atoms with Crippen LogP contribution in [0.25, 0.3) is 11.1 Å². The van der Waals surface area contributed by atoms with Crippen molar-refractivity contribution < 1.29 is 27.8 Å². The number of halogens is 2. The van der Waals surface area contributed by atoms with Gasteiger partial charge in [0.05, 0.1) is 5.69 Å². The lowest BCUT2D eigenvalue weighted by molar-refractivity contribution is -0.286. The molecule has 0 spiro atoms. The van der Waals surface area contributed by atoms with E-state index < -0.39 is 12.3 Å². The standard InChI is InChI=1S/C22H16F2N2O4/c23-22(24)29-19-10-5-14(12-20(19)30-22)13-3-6-15(7-4-13)25-21(28)17-8-9-18(27)16-2-1-11-26(16)17/h1-7,10-12,17H,8-9H2,(H,25,28). The second-order valence-corrected chi connectivity index (χ2v) is 7.17. The van der Waals surface area contributed by atoms with E-state index in [1.165, 1.54) is 12.1 Å². The maximum absolute atomic E-state index is 13.2. The third kappa shape index (κ3) is 3.20. The van der Waals surface area contributed by atoms with Crippen LogP contribution in [0.4, 0.5) is 14.5 Å². The van der Waals surface area contributed by atoms with Crippen LogP contribution < -0.4 is 14.8 Å². The Morgan fingerprint density at radius 2 is 1.77 bits per heavy atom. The Labute approximate surface area is 170 Å². The van der Waals surface area contributed by atoms with Gasteiger partial charge in [0.15, 0.2) is 17.3 Å². The van der Waals surface area contributed by atoms with Gasteiger partial charge in [0.2, 0.25) is 5.91 Å². The normalized spacial score (nSPS) is 18.7. The first kappa shape index (κ1) is 18.4. The first-order valence-electron chi connectivity index (χ1n) is 9.41. The Morgan fingerprint density at radius 3 is 2.57 bits per heavy atom. The van der Waals surface area contributed by atoms with Gasteiger partial charge in [-0.05, 0) is 53.9 Å². The number of ether oxygens (including phenoxy) is 2. The van der Waals surface area contributed by atoms with Crippen molar-refractivity contribution in [3.63, 3.8) is 0 Å². The molecule has 1 N–H and O–H groups in total. The molecular formula is C22H16F2N2O4. The molecule has 1 aromatic heterocycles. The van der Waals surface area contributed by atoms with Gasteiger partial charge in [-0.1, -0.05) is 18.2 Å². The van der Waals surface area contributed by atoms with Crippen LogP contribution in [-0.4, -0.2) is 22.6 Å². The van der Waals surface area contributed by atoms with Crippen molar-refractivity contribution in [2.45, 2.75) is 25.2 Å². The van der Waals surface area contributed by atoms with Crippen molar-refractivity contribution in [3.8, 4) is 22.6 Å². The second-order valence-electron chi connectivity index (χ2n) is 7.17. The molecule has 1 amide bonds. The van der Waals surface area contributed by atoms with E-state index in [4.69, 9.17) is 0 Å². The lowest BCUT2D eigenvalue weighted by Gasteiger charge is -2.24. The summed E-state index contributed by atoms with van der Waals surface area (Å²) in [6.45, 7) is 0. The molecule has 0 fully saturated rings. The maximum Gasteiger partial charge on any atom is 0.586 e. The number of amides is 1. The molecule has 5 rings (SSSR count). The fourth-order valence-electron chi connectivity index (χ4n) is 3.79. The summed E-state index contributed by atoms with van der Waals surface area (Å²) >= 11 is 0. The van der Waals surface area contributed by atoms with E-state index in [-0.39, 0.29) is 23.2 Å². The summed E-state index contributed by atoms with van der Waals surface area (Å²) in [6, 6.07) is 14.6. The number of nitrogens with zero attached hydrogens (tertiary/aromatic N) is 1. The summed E-state index contributed by atoms with van der Waals surface area (Å²) < 4.78 is 37.0. The predicted octanol–water partition coefficient (Wildman–Crippen LogP) is 4.63. The number of carbonyl (C=O) groups is 2. The lowest BCUT2D eigenvalue weighted by atomic mass is 10.0. The molecule has 1 atom stereocenters. The van der Waals surface area contributed by atoms with Crippen LogP contribution in [0.15, 0.2) is 60.8 Å². The van der Waals surface area contributed by atoms with Gasteiger partial charge < -0.3 is 19.4 Å². The molecule has 0 saturated carbocycles. The number of carbonyl (C=O) groups excluding carboxylic acids is 2. The van der Waals surface area contributed by atoms with Crippen molar-refractivity contribution >= 4 is 17.4 Å². The minimum Gasteiger partial charge on any atom is -0.395 e. The number of anilines is 1. The number of nitrogens with one attached hydrogen (secondary N) is 1. The van der Waals surface area contributed by atoms with Crippen LogP contribution in [0, 0.1) is 0 Å². The highest BCUT2D eigenvalue weighted by molar-refractivity contribution is 6.00. The van der Waals surface area contributed by atoms with E-state index in [9.17, 15) is 18.4 Å². The van der Waals surface area contributed by atoms with E-state index in [1.807, 2.05) is 0 Å². The maximum atomic E-state index is 13.2. The molecule has 8 heteroatoms. The number of alkyl halides is 2. The van der Waals surface area contributed by atoms with Gasteiger partial charge in [-0.15, -0.1) is 8.78 Å². The molecule has 1 unspecified atom stereocenters. The van der Waals surface area contributed by atoms with Gasteiger partial charge in [-0.25, -0.2) is 0 Å². The quantitative estimate of drug-likeness (QED) is 0.683. The molecule has 152 valence electrons. The summed E-state index contributed by atoms with van der Waals surface area (Å²) in [5.74, 6) is -0.194. The van der Waals surface area contributed by atoms with E-state index in [0.717, 1.165) is 5.56 Å². The minimum absolute atomic E-state index is 0.0111. The first-order chi connectivity index (χ1) is 14.4. The predicted molar refractivity (Wildman–Crippen MR) is 104 cm³/mol. The summed E-state index contributed by atoms with van der Waals surface area (Å²) in [5, 5.41) is 2.87. The van der Waals surface area contributed by atoms with Gasteiger partial charge in [0.1, 0.15) is 6.04 Å². The summed E-state index contributed by atoms with van der Waals surface area (Å²) in [7, 11) is 0. The molecule has 0 radical (unpaired) electrons. The third-order valence-electron chi connectivity index (χ3n) is 5.23. The Balaban J connectivity index is 1.32. The zero-order chi connectivity index (χ0) is 20.9. The van der Waals surface area contributed by atoms with Crippen LogP contribution in [0.1, 0.15) is 29.4 Å². The van der Waals surface area contributed by atoms with Crippen LogP contribution in [-0.2, 0) is 4.79 Å². The highest BCUT2D eigenvalue weighted by Crippen LogP contribution is 2.43. The number of benzene rings is 2. The number of ketones is 1. The highest BCUT2D eigenvalue weighted by Gasteiger charge is 2.43. The average Bonchev–Trinajstić information content (AvgIpc) is 3.31. The van der Waals surface area contributed by atoms with Crippen molar-refractivity contribution in [1.82, 2.24) is 4.57 Å². The smallest absolute Gasteiger partial charge is 0.395 e. The fraction of sp³-hybridized carbons (Fsp3) is 0.182. The number of hydrogen-bond donors (Lipinski definition) is 1. The van der Waals surface area contributed by atoms with E-state index in [1.54, 1.807) is 53.2 Å². The fourth-order valence-corrected chi connectivity index (χ4v) is 3.79. The average molecular weight is 410 g/mol. The zero-order valence-electron chi connectivity index (χ0n) is 15.6. The Morgan fingerprint density at radius 1 is 1.03 bits per heavy atom. The van der Waals surface area contributed by atoms with Crippen LogP contribution in [0.3, 0.4) is 0 Å². The van der Waals surface area contributed by atoms with Crippen LogP contribution in [0.5, 0.6) is 11.5 Å². The first-order valence-corrected chi connectivity index (χ1v) is 9.41. The van der Waals surface area contributed by atoms with Crippen molar-refractivity contribution in [1.29, 1.82) is 0 Å². The summed E-state index contributed by atoms with van der Waals surface area (Å²) in [4.78, 5) is 24.7. The van der Waals surface area contributed by atoms with Gasteiger partial charge in [-0.3, -0.25) is 9.59 Å². The van der Waals surface area contributed by atoms with Gasteiger partial charge in [0.25, 0.3) is 0 Å². The molecule has 0 aliphatic carbocycles. The summed E-state index contributed by atoms with van der Waals surface area (Å²) in [5.41, 5.74) is 2.59. The molecule has 0 bridgehead atoms. The van der Waals surface area contributed by atoms with Crippen molar-refractivity contribution in [3.05, 3.63) is 66.5 Å². The number of fused-ring (bicyclic) bond motifs is 2. The molecule has 0 saturated heterocycles. The Kier molecular flexibility index (Phi) is 4.09. The largest absolute Gasteiger partial charge is 0.586 e. The second kappa shape index (κ2) is 6.69. The van der Waals surface area contributed by atoms with Gasteiger partial charge in [0, 0.05) is 18.3 Å². The molecule has 2 aliphatic rings. The monoisotopic (exact) mass is 410 g/mol. The Hall–Kier alpha value is -3.68. The third-order valence-corrected chi connectivity index (χ3v) is 5.23. The van der Waals surface area contributed by atoms with Crippen LogP contribution >= 0.6 is 0 Å². The number of hydrogen-bond acceptors (Lipinski definition) is 4. The van der Waals surface area contributed by atoms with Crippen molar-refractivity contribution in [2.75, 3.05) is 5.32 Å². The topological polar surface area (TPSA) is 69.6 Å². The number of aromatic nitrogens is 1. The number of Topliss-reactive ketones (excluding diaryl/α,β-unsaturated/α-hetero) is 1. The van der Waals surface area contributed by atoms with E-state index in [0.29, 0.717) is 29.8 Å². The lowest BCUT2D eigenvalue weighted by Crippen LogP contribution is -2.31. The number of rotatable bonds is 3. The molecule has 6 nitrogen and oxygen atoms in total. The zero-order valence-corrected chi connectivity index (χ0v) is 15.6. The van der Waals surface area contributed by atoms with Crippen LogP contribution in [0.2, 0.25) is 0 Å². The van der Waals surface area contributed by atoms with Crippen molar-refractivity contribution in [2.24, 2.45) is 0 Å². The molecule has 3 heterocycles. The highest BCUT2D eigenvalue weighted by atomic mass is 19.3. The minimum atomic E-state index is -3.65. The summed E-state index contributed by atoms with van der Waals surface area (Å²) in [6.07, 6.45) is -1.13. The molecule has 30 heavy (non-hydrogen) atoms. The van der Waals surface area contributed by atoms with E-state index in [2.05, 4.69) is 14.8 Å². The SMILES string of the molecule is O=C1CCC(C(=O)Nc2ccc(-c3ccc4c(c3)OC(F)(F)O4)cc2)n2cccc21. The molecule has 2 aliphatic heterocycles.